The Kier molecular flexibility index (Phi) is 3.12. The van der Waals surface area contributed by atoms with Gasteiger partial charge in [-0.25, -0.2) is 0 Å². The maximum absolute atomic E-state index is 12.4. The van der Waals surface area contributed by atoms with E-state index < -0.39 is 6.10 Å². The lowest BCUT2D eigenvalue weighted by Gasteiger charge is -2.31. The van der Waals surface area contributed by atoms with Gasteiger partial charge in [0.15, 0.2) is 6.10 Å². The number of ether oxygens (including phenoxy) is 1. The van der Waals surface area contributed by atoms with E-state index in [-0.39, 0.29) is 11.8 Å². The molecule has 0 saturated carbocycles. The molecule has 0 spiro atoms. The Hall–Kier alpha value is -2.02. The van der Waals surface area contributed by atoms with Gasteiger partial charge >= 0.3 is 0 Å². The average molecular weight is 256 g/mol. The van der Waals surface area contributed by atoms with Crippen LogP contribution in [0.2, 0.25) is 0 Å². The molecule has 3 rings (SSSR count). The number of para-hydroxylation sites is 1. The molecule has 0 radical (unpaired) electrons. The minimum atomic E-state index is -0.408. The van der Waals surface area contributed by atoms with E-state index in [1.807, 2.05) is 24.3 Å². The first-order valence-corrected chi connectivity index (χ1v) is 6.71. The lowest BCUT2D eigenvalue weighted by molar-refractivity contribution is -0.139. The highest BCUT2D eigenvalue weighted by molar-refractivity contribution is 5.82. The van der Waals surface area contributed by atoms with E-state index in [0.29, 0.717) is 13.0 Å². The first kappa shape index (κ1) is 12.0. The maximum Gasteiger partial charge on any atom is 0.264 e. The molecule has 2 aliphatic heterocycles. The smallest absolute Gasteiger partial charge is 0.264 e. The highest BCUT2D eigenvalue weighted by Crippen LogP contribution is 2.29. The van der Waals surface area contributed by atoms with E-state index >= 15 is 0 Å². The lowest BCUT2D eigenvalue weighted by Crippen LogP contribution is -2.46. The molecule has 0 aromatic heterocycles. The average Bonchev–Trinajstić information content (AvgIpc) is 2.90. The molecule has 2 atom stereocenters. The standard InChI is InChI=1S/C15H16N2O2/c16-9-11-4-3-7-17(10-11)15(18)14-8-12-5-1-2-6-13(12)19-14/h1-2,5-6,11,14H,3-4,7-8,10H2. The summed E-state index contributed by atoms with van der Waals surface area (Å²) in [6.07, 6.45) is 2.04. The topological polar surface area (TPSA) is 53.3 Å². The van der Waals surface area contributed by atoms with Gasteiger partial charge in [-0.3, -0.25) is 4.79 Å². The molecule has 1 aromatic carbocycles. The van der Waals surface area contributed by atoms with Crippen molar-refractivity contribution >= 4 is 5.91 Å². The zero-order valence-corrected chi connectivity index (χ0v) is 10.7. The van der Waals surface area contributed by atoms with Crippen molar-refractivity contribution in [1.82, 2.24) is 4.90 Å². The van der Waals surface area contributed by atoms with E-state index in [1.54, 1.807) is 4.90 Å². The van der Waals surface area contributed by atoms with Gasteiger partial charge in [-0.15, -0.1) is 0 Å². The van der Waals surface area contributed by atoms with E-state index in [9.17, 15) is 4.79 Å². The number of rotatable bonds is 1. The third kappa shape index (κ3) is 2.28. The number of nitrogens with zero attached hydrogens (tertiary/aromatic N) is 2. The molecular weight excluding hydrogens is 240 g/mol. The number of hydrogen-bond acceptors (Lipinski definition) is 3. The summed E-state index contributed by atoms with van der Waals surface area (Å²) in [5.74, 6) is 0.812. The molecule has 2 aliphatic rings. The van der Waals surface area contributed by atoms with E-state index in [2.05, 4.69) is 6.07 Å². The quantitative estimate of drug-likeness (QED) is 0.769. The second-order valence-electron chi connectivity index (χ2n) is 5.17. The number of likely N-dealkylation sites (tertiary alicyclic amines) is 1. The normalized spacial score (nSPS) is 25.3. The number of hydrogen-bond donors (Lipinski definition) is 0. The van der Waals surface area contributed by atoms with Crippen molar-refractivity contribution in [2.24, 2.45) is 5.92 Å². The van der Waals surface area contributed by atoms with Crippen molar-refractivity contribution in [3.63, 3.8) is 0 Å². The maximum atomic E-state index is 12.4. The minimum Gasteiger partial charge on any atom is -0.480 e. The number of carbonyl (C=O) groups excluding carboxylic acids is 1. The minimum absolute atomic E-state index is 0.0242. The van der Waals surface area contributed by atoms with Crippen molar-refractivity contribution in [1.29, 1.82) is 5.26 Å². The van der Waals surface area contributed by atoms with Crippen LogP contribution in [0.4, 0.5) is 0 Å². The van der Waals surface area contributed by atoms with Crippen molar-refractivity contribution < 1.29 is 9.53 Å². The predicted octanol–water partition coefficient (Wildman–Crippen LogP) is 1.75. The molecular formula is C15H16N2O2. The molecule has 2 heterocycles. The molecule has 0 bridgehead atoms. The molecule has 4 heteroatoms. The molecule has 2 unspecified atom stereocenters. The van der Waals surface area contributed by atoms with Gasteiger partial charge in [0.05, 0.1) is 12.0 Å². The molecule has 1 saturated heterocycles. The van der Waals surface area contributed by atoms with Gasteiger partial charge in [0.25, 0.3) is 5.91 Å². The summed E-state index contributed by atoms with van der Waals surface area (Å²) in [6.45, 7) is 1.29. The van der Waals surface area contributed by atoms with Crippen LogP contribution < -0.4 is 4.74 Å². The lowest BCUT2D eigenvalue weighted by atomic mass is 9.99. The van der Waals surface area contributed by atoms with Crippen LogP contribution in [-0.4, -0.2) is 30.0 Å². The zero-order chi connectivity index (χ0) is 13.2. The molecule has 0 N–H and O–H groups in total. The fourth-order valence-electron chi connectivity index (χ4n) is 2.81. The Morgan fingerprint density at radius 1 is 1.42 bits per heavy atom. The fourth-order valence-corrected chi connectivity index (χ4v) is 2.81. The molecule has 4 nitrogen and oxygen atoms in total. The monoisotopic (exact) mass is 256 g/mol. The summed E-state index contributed by atoms with van der Waals surface area (Å²) in [4.78, 5) is 14.2. The van der Waals surface area contributed by atoms with Crippen molar-refractivity contribution in [2.75, 3.05) is 13.1 Å². The Balaban J connectivity index is 1.68. The van der Waals surface area contributed by atoms with Gasteiger partial charge in [-0.1, -0.05) is 18.2 Å². The van der Waals surface area contributed by atoms with E-state index in [1.165, 1.54) is 0 Å². The summed E-state index contributed by atoms with van der Waals surface area (Å²) in [5, 5.41) is 8.98. The molecule has 98 valence electrons. The van der Waals surface area contributed by atoms with Crippen LogP contribution in [0.15, 0.2) is 24.3 Å². The van der Waals surface area contributed by atoms with Gasteiger partial charge in [0.2, 0.25) is 0 Å². The van der Waals surface area contributed by atoms with Crippen LogP contribution in [0.3, 0.4) is 0 Å². The van der Waals surface area contributed by atoms with Gasteiger partial charge in [0, 0.05) is 19.5 Å². The van der Waals surface area contributed by atoms with Crippen LogP contribution in [0.25, 0.3) is 0 Å². The number of amides is 1. The first-order chi connectivity index (χ1) is 9.28. The van der Waals surface area contributed by atoms with Crippen molar-refractivity contribution in [2.45, 2.75) is 25.4 Å². The Morgan fingerprint density at radius 2 is 2.26 bits per heavy atom. The third-order valence-corrected chi connectivity index (χ3v) is 3.84. The second-order valence-corrected chi connectivity index (χ2v) is 5.17. The van der Waals surface area contributed by atoms with Gasteiger partial charge in [0.1, 0.15) is 5.75 Å². The largest absolute Gasteiger partial charge is 0.480 e. The number of benzene rings is 1. The number of carbonyl (C=O) groups is 1. The van der Waals surface area contributed by atoms with Crippen LogP contribution in [0.5, 0.6) is 5.75 Å². The molecule has 1 aromatic rings. The fraction of sp³-hybridized carbons (Fsp3) is 0.467. The molecule has 1 fully saturated rings. The number of nitriles is 1. The van der Waals surface area contributed by atoms with Gasteiger partial charge in [-0.05, 0) is 24.5 Å². The van der Waals surface area contributed by atoms with Gasteiger partial charge < -0.3 is 9.64 Å². The van der Waals surface area contributed by atoms with Crippen LogP contribution in [-0.2, 0) is 11.2 Å². The van der Waals surface area contributed by atoms with E-state index in [4.69, 9.17) is 10.00 Å². The number of fused-ring (bicyclic) bond motifs is 1. The van der Waals surface area contributed by atoms with Crippen LogP contribution >= 0.6 is 0 Å². The van der Waals surface area contributed by atoms with E-state index in [0.717, 1.165) is 30.7 Å². The van der Waals surface area contributed by atoms with Crippen molar-refractivity contribution in [3.05, 3.63) is 29.8 Å². The zero-order valence-electron chi connectivity index (χ0n) is 10.7. The SMILES string of the molecule is N#CC1CCCN(C(=O)C2Cc3ccccc3O2)C1. The predicted molar refractivity (Wildman–Crippen MR) is 69.5 cm³/mol. The summed E-state index contributed by atoms with van der Waals surface area (Å²) in [6, 6.07) is 10.0. The highest BCUT2D eigenvalue weighted by Gasteiger charge is 2.34. The van der Waals surface area contributed by atoms with Crippen molar-refractivity contribution in [3.8, 4) is 11.8 Å². The number of piperidine rings is 1. The summed E-state index contributed by atoms with van der Waals surface area (Å²) >= 11 is 0. The van der Waals surface area contributed by atoms with Crippen LogP contribution in [0.1, 0.15) is 18.4 Å². The Labute approximate surface area is 112 Å². The Morgan fingerprint density at radius 3 is 3.05 bits per heavy atom. The molecule has 1 amide bonds. The molecule has 0 aliphatic carbocycles. The first-order valence-electron chi connectivity index (χ1n) is 6.71. The summed E-state index contributed by atoms with van der Waals surface area (Å²) in [5.41, 5.74) is 1.09. The van der Waals surface area contributed by atoms with Gasteiger partial charge in [-0.2, -0.15) is 5.26 Å². The Bertz CT molecular complexity index is 510. The third-order valence-electron chi connectivity index (χ3n) is 3.84. The summed E-state index contributed by atoms with van der Waals surface area (Å²) < 4.78 is 5.72. The molecule has 19 heavy (non-hydrogen) atoms. The highest BCUT2D eigenvalue weighted by atomic mass is 16.5. The van der Waals surface area contributed by atoms with Crippen LogP contribution in [0, 0.1) is 17.2 Å². The second kappa shape index (κ2) is 4.93. The summed E-state index contributed by atoms with van der Waals surface area (Å²) in [7, 11) is 0.